The summed E-state index contributed by atoms with van der Waals surface area (Å²) in [6, 6.07) is 3.78. The second-order valence-corrected chi connectivity index (χ2v) is 10.6. The van der Waals surface area contributed by atoms with Gasteiger partial charge in [0.2, 0.25) is 0 Å². The fourth-order valence-corrected chi connectivity index (χ4v) is 4.67. The topological polar surface area (TPSA) is 62.7 Å². The number of hydrogen-bond acceptors (Lipinski definition) is 4. The van der Waals surface area contributed by atoms with Crippen LogP contribution in [0.15, 0.2) is 30.6 Å². The maximum absolute atomic E-state index is 14.0. The first-order valence-electron chi connectivity index (χ1n) is 10.8. The molecule has 1 atom stereocenters. The lowest BCUT2D eigenvalue weighted by Gasteiger charge is -2.34. The molecule has 1 fully saturated rings. The number of nitrogens with zero attached hydrogens (tertiary/aromatic N) is 2. The number of carbonyl (C=O) groups is 1. The molecule has 0 aliphatic carbocycles. The summed E-state index contributed by atoms with van der Waals surface area (Å²) in [7, 11) is 0. The summed E-state index contributed by atoms with van der Waals surface area (Å²) in [4.78, 5) is 17.6. The molecule has 1 aliphatic heterocycles. The van der Waals surface area contributed by atoms with E-state index in [0.29, 0.717) is 24.3 Å². The molecule has 0 bridgehead atoms. The average molecular weight is 576 g/mol. The Morgan fingerprint density at radius 3 is 2.52 bits per heavy atom. The third-order valence-corrected chi connectivity index (χ3v) is 6.33. The van der Waals surface area contributed by atoms with Crippen LogP contribution in [0.4, 0.5) is 13.2 Å². The number of alkyl halides is 3. The van der Waals surface area contributed by atoms with Gasteiger partial charge in [0.15, 0.2) is 0 Å². The number of piperidine rings is 1. The molecule has 1 aromatic heterocycles. The SMILES string of the molecule is CC(C)(C)c1cc(OCc2cncc(I)c2)c(CN2CCCC[C@H]2C(=O)O)cc1C(F)(F)F. The molecule has 2 heterocycles. The quantitative estimate of drug-likeness (QED) is 0.427. The Labute approximate surface area is 205 Å². The van der Waals surface area contributed by atoms with Crippen molar-refractivity contribution in [3.63, 3.8) is 0 Å². The zero-order valence-corrected chi connectivity index (χ0v) is 21.0. The van der Waals surface area contributed by atoms with E-state index < -0.39 is 29.2 Å². The van der Waals surface area contributed by atoms with Crippen LogP contribution in [0.25, 0.3) is 0 Å². The van der Waals surface area contributed by atoms with Gasteiger partial charge in [0.25, 0.3) is 0 Å². The average Bonchev–Trinajstić information content (AvgIpc) is 2.71. The normalized spacial score (nSPS) is 17.7. The molecule has 2 aromatic rings. The predicted octanol–water partition coefficient (Wildman–Crippen LogP) is 6.02. The van der Waals surface area contributed by atoms with Crippen molar-refractivity contribution < 1.29 is 27.8 Å². The Bertz CT molecular complexity index is 1010. The number of ether oxygens (including phenoxy) is 1. The predicted molar refractivity (Wildman–Crippen MR) is 127 cm³/mol. The van der Waals surface area contributed by atoms with E-state index in [1.807, 2.05) is 6.07 Å². The molecule has 3 rings (SSSR count). The molecule has 0 unspecified atom stereocenters. The summed E-state index contributed by atoms with van der Waals surface area (Å²) in [6.07, 6.45) is 0.887. The zero-order chi connectivity index (χ0) is 24.4. The highest BCUT2D eigenvalue weighted by Crippen LogP contribution is 2.41. The Kier molecular flexibility index (Phi) is 7.93. The van der Waals surface area contributed by atoms with Crippen molar-refractivity contribution >= 4 is 28.6 Å². The first kappa shape index (κ1) is 25.7. The second kappa shape index (κ2) is 10.2. The van der Waals surface area contributed by atoms with Gasteiger partial charge in [-0.05, 0) is 71.2 Å². The third-order valence-electron chi connectivity index (χ3n) is 5.74. The molecule has 5 nitrogen and oxygen atoms in total. The van der Waals surface area contributed by atoms with E-state index in [2.05, 4.69) is 27.6 Å². The molecule has 33 heavy (non-hydrogen) atoms. The number of hydrogen-bond donors (Lipinski definition) is 1. The minimum atomic E-state index is -4.54. The lowest BCUT2D eigenvalue weighted by Crippen LogP contribution is -2.44. The van der Waals surface area contributed by atoms with Crippen molar-refractivity contribution in [2.75, 3.05) is 6.54 Å². The minimum Gasteiger partial charge on any atom is -0.489 e. The summed E-state index contributed by atoms with van der Waals surface area (Å²) < 4.78 is 49.0. The standard InChI is InChI=1S/C24H28F3IN2O3/c1-23(2,3)18-10-21(33-14-15-8-17(28)12-29-11-15)16(9-19(18)24(25,26)27)13-30-7-5-4-6-20(30)22(31)32/h8-12,20H,4-7,13-14H2,1-3H3,(H,31,32)/t20-/m0/s1. The Morgan fingerprint density at radius 1 is 1.18 bits per heavy atom. The van der Waals surface area contributed by atoms with Gasteiger partial charge in [-0.2, -0.15) is 13.2 Å². The molecule has 180 valence electrons. The molecular weight excluding hydrogens is 548 g/mol. The Balaban J connectivity index is 2.04. The largest absolute Gasteiger partial charge is 0.489 e. The van der Waals surface area contributed by atoms with E-state index in [0.717, 1.165) is 28.0 Å². The van der Waals surface area contributed by atoms with Crippen LogP contribution in [-0.2, 0) is 29.5 Å². The smallest absolute Gasteiger partial charge is 0.416 e. The molecule has 0 radical (unpaired) electrons. The second-order valence-electron chi connectivity index (χ2n) is 9.37. The van der Waals surface area contributed by atoms with E-state index >= 15 is 0 Å². The zero-order valence-electron chi connectivity index (χ0n) is 18.9. The van der Waals surface area contributed by atoms with Gasteiger partial charge in [0, 0.05) is 33.6 Å². The van der Waals surface area contributed by atoms with Crippen molar-refractivity contribution in [2.24, 2.45) is 0 Å². The molecule has 1 N–H and O–H groups in total. The van der Waals surface area contributed by atoms with Crippen LogP contribution in [0.1, 0.15) is 62.3 Å². The van der Waals surface area contributed by atoms with Gasteiger partial charge >= 0.3 is 12.1 Å². The molecule has 1 saturated heterocycles. The third kappa shape index (κ3) is 6.59. The van der Waals surface area contributed by atoms with Crippen molar-refractivity contribution in [1.29, 1.82) is 0 Å². The molecule has 0 saturated carbocycles. The fraction of sp³-hybridized carbons (Fsp3) is 0.500. The molecule has 1 aromatic carbocycles. The number of aliphatic carboxylic acids is 1. The van der Waals surface area contributed by atoms with E-state index in [-0.39, 0.29) is 18.7 Å². The summed E-state index contributed by atoms with van der Waals surface area (Å²) >= 11 is 2.13. The van der Waals surface area contributed by atoms with E-state index in [1.54, 1.807) is 38.1 Å². The Hall–Kier alpha value is -1.88. The molecule has 0 spiro atoms. The summed E-state index contributed by atoms with van der Waals surface area (Å²) in [5.41, 5.74) is -0.200. The monoisotopic (exact) mass is 576 g/mol. The van der Waals surface area contributed by atoms with E-state index in [1.165, 1.54) is 6.07 Å². The van der Waals surface area contributed by atoms with Crippen LogP contribution in [0, 0.1) is 3.57 Å². The first-order chi connectivity index (χ1) is 15.4. The maximum Gasteiger partial charge on any atom is 0.416 e. The number of aromatic nitrogens is 1. The fourth-order valence-electron chi connectivity index (χ4n) is 4.11. The van der Waals surface area contributed by atoms with Crippen LogP contribution in [0.2, 0.25) is 0 Å². The van der Waals surface area contributed by atoms with Gasteiger partial charge in [0.05, 0.1) is 5.56 Å². The van der Waals surface area contributed by atoms with Gasteiger partial charge in [0.1, 0.15) is 18.4 Å². The molecular formula is C24H28F3IN2O3. The number of pyridine rings is 1. The number of carboxylic acids is 1. The maximum atomic E-state index is 14.0. The van der Waals surface area contributed by atoms with Crippen LogP contribution in [0.5, 0.6) is 5.75 Å². The van der Waals surface area contributed by atoms with Crippen LogP contribution < -0.4 is 4.74 Å². The molecule has 9 heteroatoms. The van der Waals surface area contributed by atoms with E-state index in [9.17, 15) is 23.1 Å². The van der Waals surface area contributed by atoms with Crippen LogP contribution >= 0.6 is 22.6 Å². The number of likely N-dealkylation sites (tertiary alicyclic amines) is 1. The van der Waals surface area contributed by atoms with Gasteiger partial charge in [-0.3, -0.25) is 14.7 Å². The van der Waals surface area contributed by atoms with Gasteiger partial charge in [-0.15, -0.1) is 0 Å². The van der Waals surface area contributed by atoms with Crippen molar-refractivity contribution in [3.05, 3.63) is 56.4 Å². The number of benzene rings is 1. The summed E-state index contributed by atoms with van der Waals surface area (Å²) in [5, 5.41) is 9.61. The lowest BCUT2D eigenvalue weighted by molar-refractivity contribution is -0.145. The van der Waals surface area contributed by atoms with Crippen molar-refractivity contribution in [1.82, 2.24) is 9.88 Å². The number of rotatable bonds is 6. The molecule has 1 aliphatic rings. The van der Waals surface area contributed by atoms with E-state index in [4.69, 9.17) is 4.74 Å². The highest BCUT2D eigenvalue weighted by Gasteiger charge is 2.38. The van der Waals surface area contributed by atoms with Crippen molar-refractivity contribution in [2.45, 2.75) is 70.8 Å². The van der Waals surface area contributed by atoms with Gasteiger partial charge < -0.3 is 9.84 Å². The van der Waals surface area contributed by atoms with Crippen LogP contribution in [-0.4, -0.2) is 33.5 Å². The van der Waals surface area contributed by atoms with Gasteiger partial charge in [-0.25, -0.2) is 0 Å². The number of carboxylic acid groups (broad SMARTS) is 1. The summed E-state index contributed by atoms with van der Waals surface area (Å²) in [6.45, 7) is 5.93. The molecule has 0 amide bonds. The highest BCUT2D eigenvalue weighted by atomic mass is 127. The summed E-state index contributed by atoms with van der Waals surface area (Å²) in [5.74, 6) is -0.619. The van der Waals surface area contributed by atoms with Crippen LogP contribution in [0.3, 0.4) is 0 Å². The lowest BCUT2D eigenvalue weighted by atomic mass is 9.82. The Morgan fingerprint density at radius 2 is 1.91 bits per heavy atom. The first-order valence-corrected chi connectivity index (χ1v) is 11.9. The van der Waals surface area contributed by atoms with Crippen molar-refractivity contribution in [3.8, 4) is 5.75 Å². The number of halogens is 4. The minimum absolute atomic E-state index is 0.0738. The van der Waals surface area contributed by atoms with Gasteiger partial charge in [-0.1, -0.05) is 27.2 Å². The highest BCUT2D eigenvalue weighted by molar-refractivity contribution is 14.1.